The molecular weight excluding hydrogens is 238 g/mol. The minimum Gasteiger partial charge on any atom is -0.315 e. The van der Waals surface area contributed by atoms with Crippen molar-refractivity contribution in [2.24, 2.45) is 5.41 Å². The Labute approximate surface area is 116 Å². The molecule has 0 saturated carbocycles. The smallest absolute Gasteiger partial charge is 0.147 e. The zero-order valence-electron chi connectivity index (χ0n) is 12.7. The van der Waals surface area contributed by atoms with Crippen LogP contribution in [0.25, 0.3) is 0 Å². The summed E-state index contributed by atoms with van der Waals surface area (Å²) in [5.74, 6) is 1.10. The Bertz CT molecular complexity index is 393. The molecule has 5 nitrogen and oxygen atoms in total. The fourth-order valence-corrected chi connectivity index (χ4v) is 2.71. The van der Waals surface area contributed by atoms with Crippen LogP contribution < -0.4 is 5.32 Å². The lowest BCUT2D eigenvalue weighted by Gasteiger charge is -2.34. The molecule has 1 N–H and O–H groups in total. The molecule has 0 spiro atoms. The first-order valence-corrected chi connectivity index (χ1v) is 7.33. The van der Waals surface area contributed by atoms with Gasteiger partial charge in [0, 0.05) is 25.7 Å². The summed E-state index contributed by atoms with van der Waals surface area (Å²) in [5, 5.41) is 11.8. The highest BCUT2D eigenvalue weighted by atomic mass is 15.3. The number of hydrogen-bond donors (Lipinski definition) is 1. The zero-order valence-corrected chi connectivity index (χ0v) is 12.7. The third-order valence-electron chi connectivity index (χ3n) is 3.95. The first-order valence-electron chi connectivity index (χ1n) is 7.33. The number of nitrogens with one attached hydrogen (secondary N) is 1. The maximum absolute atomic E-state index is 4.17. The van der Waals surface area contributed by atoms with Crippen LogP contribution in [0.3, 0.4) is 0 Å². The van der Waals surface area contributed by atoms with E-state index in [2.05, 4.69) is 52.7 Å². The third kappa shape index (κ3) is 3.76. The van der Waals surface area contributed by atoms with Crippen LogP contribution in [0.15, 0.2) is 6.33 Å². The van der Waals surface area contributed by atoms with E-state index in [4.69, 9.17) is 0 Å². The number of nitrogens with zero attached hydrogens (tertiary/aromatic N) is 4. The second kappa shape index (κ2) is 6.01. The van der Waals surface area contributed by atoms with E-state index in [0.717, 1.165) is 38.5 Å². The molecule has 1 aliphatic heterocycles. The van der Waals surface area contributed by atoms with Gasteiger partial charge >= 0.3 is 0 Å². The van der Waals surface area contributed by atoms with Crippen molar-refractivity contribution in [2.45, 2.75) is 53.2 Å². The third-order valence-corrected chi connectivity index (χ3v) is 3.95. The van der Waals surface area contributed by atoms with Crippen molar-refractivity contribution in [3.63, 3.8) is 0 Å². The van der Waals surface area contributed by atoms with Gasteiger partial charge in [-0.3, -0.25) is 4.90 Å². The van der Waals surface area contributed by atoms with Crippen LogP contribution in [0.4, 0.5) is 0 Å². The molecular formula is C14H27N5. The first kappa shape index (κ1) is 14.5. The van der Waals surface area contributed by atoms with Crippen molar-refractivity contribution in [2.75, 3.05) is 19.6 Å². The van der Waals surface area contributed by atoms with Crippen LogP contribution in [-0.2, 0) is 13.1 Å². The Kier molecular flexibility index (Phi) is 4.58. The first-order chi connectivity index (χ1) is 9.00. The molecule has 108 valence electrons. The van der Waals surface area contributed by atoms with Crippen LogP contribution in [-0.4, -0.2) is 45.3 Å². The number of fused-ring (bicyclic) bond motifs is 1. The molecule has 1 unspecified atom stereocenters. The van der Waals surface area contributed by atoms with Crippen molar-refractivity contribution in [1.29, 1.82) is 0 Å². The van der Waals surface area contributed by atoms with Crippen molar-refractivity contribution in [3.8, 4) is 0 Å². The molecule has 0 fully saturated rings. The topological polar surface area (TPSA) is 46.0 Å². The van der Waals surface area contributed by atoms with E-state index in [9.17, 15) is 0 Å². The Balaban J connectivity index is 1.85. The Morgan fingerprint density at radius 3 is 2.84 bits per heavy atom. The number of rotatable bonds is 5. The lowest BCUT2D eigenvalue weighted by Crippen LogP contribution is -2.44. The SMILES string of the molecule is CCNC(CCN1CCn2cnnc2C1)C(C)(C)C. The lowest BCUT2D eigenvalue weighted by atomic mass is 9.84. The predicted octanol–water partition coefficient (Wildman–Crippen LogP) is 1.51. The quantitative estimate of drug-likeness (QED) is 0.876. The van der Waals surface area contributed by atoms with Crippen LogP contribution in [0.5, 0.6) is 0 Å². The summed E-state index contributed by atoms with van der Waals surface area (Å²) < 4.78 is 2.15. The summed E-state index contributed by atoms with van der Waals surface area (Å²) in [6.45, 7) is 14.3. The van der Waals surface area contributed by atoms with Gasteiger partial charge in [0.25, 0.3) is 0 Å². The van der Waals surface area contributed by atoms with Gasteiger partial charge < -0.3 is 9.88 Å². The van der Waals surface area contributed by atoms with E-state index < -0.39 is 0 Å². The maximum atomic E-state index is 4.17. The summed E-state index contributed by atoms with van der Waals surface area (Å²) in [5.41, 5.74) is 0.311. The summed E-state index contributed by atoms with van der Waals surface area (Å²) in [6, 6.07) is 0.567. The summed E-state index contributed by atoms with van der Waals surface area (Å²) in [7, 11) is 0. The maximum Gasteiger partial charge on any atom is 0.147 e. The molecule has 1 aromatic rings. The van der Waals surface area contributed by atoms with Gasteiger partial charge in [0.15, 0.2) is 0 Å². The molecule has 19 heavy (non-hydrogen) atoms. The van der Waals surface area contributed by atoms with Gasteiger partial charge in [0.2, 0.25) is 0 Å². The molecule has 0 saturated heterocycles. The van der Waals surface area contributed by atoms with Crippen molar-refractivity contribution < 1.29 is 0 Å². The minimum atomic E-state index is 0.311. The summed E-state index contributed by atoms with van der Waals surface area (Å²) in [6.07, 6.45) is 3.02. The average Bonchev–Trinajstić information content (AvgIpc) is 2.80. The second-order valence-corrected chi connectivity index (χ2v) is 6.48. The monoisotopic (exact) mass is 265 g/mol. The fraction of sp³-hybridized carbons (Fsp3) is 0.857. The van der Waals surface area contributed by atoms with Gasteiger partial charge in [-0.2, -0.15) is 0 Å². The molecule has 0 radical (unpaired) electrons. The predicted molar refractivity (Wildman–Crippen MR) is 76.8 cm³/mol. The van der Waals surface area contributed by atoms with Gasteiger partial charge in [0.1, 0.15) is 12.2 Å². The van der Waals surface area contributed by atoms with Gasteiger partial charge in [-0.05, 0) is 18.4 Å². The van der Waals surface area contributed by atoms with Crippen LogP contribution in [0, 0.1) is 5.41 Å². The van der Waals surface area contributed by atoms with Crippen LogP contribution in [0.1, 0.15) is 39.9 Å². The number of hydrogen-bond acceptors (Lipinski definition) is 4. The molecule has 0 bridgehead atoms. The average molecular weight is 265 g/mol. The number of aromatic nitrogens is 3. The van der Waals surface area contributed by atoms with Gasteiger partial charge in [-0.25, -0.2) is 0 Å². The van der Waals surface area contributed by atoms with E-state index in [1.165, 1.54) is 6.42 Å². The molecule has 0 aromatic carbocycles. The summed E-state index contributed by atoms with van der Waals surface area (Å²) >= 11 is 0. The lowest BCUT2D eigenvalue weighted by molar-refractivity contribution is 0.178. The van der Waals surface area contributed by atoms with Crippen molar-refractivity contribution in [1.82, 2.24) is 25.0 Å². The van der Waals surface area contributed by atoms with E-state index in [0.29, 0.717) is 11.5 Å². The van der Waals surface area contributed by atoms with Gasteiger partial charge in [-0.15, -0.1) is 10.2 Å². The zero-order chi connectivity index (χ0) is 13.9. The van der Waals surface area contributed by atoms with Crippen LogP contribution >= 0.6 is 0 Å². The minimum absolute atomic E-state index is 0.311. The molecule has 2 rings (SSSR count). The van der Waals surface area contributed by atoms with Gasteiger partial charge in [0.05, 0.1) is 6.54 Å². The van der Waals surface area contributed by atoms with E-state index in [1.807, 2.05) is 6.33 Å². The fourth-order valence-electron chi connectivity index (χ4n) is 2.71. The highest BCUT2D eigenvalue weighted by Crippen LogP contribution is 2.22. The van der Waals surface area contributed by atoms with E-state index >= 15 is 0 Å². The second-order valence-electron chi connectivity index (χ2n) is 6.48. The van der Waals surface area contributed by atoms with Gasteiger partial charge in [-0.1, -0.05) is 27.7 Å². The normalized spacial score (nSPS) is 18.3. The molecule has 0 aliphatic carbocycles. The highest BCUT2D eigenvalue weighted by Gasteiger charge is 2.25. The molecule has 1 aromatic heterocycles. The highest BCUT2D eigenvalue weighted by molar-refractivity contribution is 4.90. The Morgan fingerprint density at radius 1 is 1.37 bits per heavy atom. The molecule has 5 heteroatoms. The summed E-state index contributed by atoms with van der Waals surface area (Å²) in [4.78, 5) is 2.49. The standard InChI is InChI=1S/C14H27N5/c1-5-15-12(14(2,3)4)6-7-18-8-9-19-11-16-17-13(19)10-18/h11-12,15H,5-10H2,1-4H3. The molecule has 0 amide bonds. The van der Waals surface area contributed by atoms with E-state index in [-0.39, 0.29) is 0 Å². The van der Waals surface area contributed by atoms with Crippen LogP contribution in [0.2, 0.25) is 0 Å². The van der Waals surface area contributed by atoms with E-state index in [1.54, 1.807) is 0 Å². The molecule has 1 aliphatic rings. The largest absolute Gasteiger partial charge is 0.315 e. The van der Waals surface area contributed by atoms with Crippen molar-refractivity contribution in [3.05, 3.63) is 12.2 Å². The van der Waals surface area contributed by atoms with Crippen molar-refractivity contribution >= 4 is 0 Å². The Morgan fingerprint density at radius 2 is 2.16 bits per heavy atom. The molecule has 1 atom stereocenters. The Hall–Kier alpha value is -0.940. The molecule has 2 heterocycles.